The van der Waals surface area contributed by atoms with Gasteiger partial charge in [0.2, 0.25) is 0 Å². The largest absolute Gasteiger partial charge is 0.462 e. The standard InChI is InChI=1S/C21H30O4/c1-12(22)24-13-6-9-20(3)16-7-8-19(2)15(4-5-17(19)23)14(16)10-18-21(20,11-13)25-18/h13-16,18H,4-11H2,1-3H3/t13-,14+,15+,16+,18+,19+,20-,21-/m1/s1. The van der Waals surface area contributed by atoms with Crippen molar-refractivity contribution in [3.63, 3.8) is 0 Å². The molecule has 138 valence electrons. The average molecular weight is 346 g/mol. The third-order valence-corrected chi connectivity index (χ3v) is 9.08. The van der Waals surface area contributed by atoms with Gasteiger partial charge in [-0.15, -0.1) is 0 Å². The topological polar surface area (TPSA) is 55.9 Å². The van der Waals surface area contributed by atoms with E-state index in [2.05, 4.69) is 13.8 Å². The predicted molar refractivity (Wildman–Crippen MR) is 91.8 cm³/mol. The smallest absolute Gasteiger partial charge is 0.302 e. The van der Waals surface area contributed by atoms with Gasteiger partial charge in [0.1, 0.15) is 17.5 Å². The van der Waals surface area contributed by atoms with E-state index < -0.39 is 0 Å². The van der Waals surface area contributed by atoms with Crippen molar-refractivity contribution in [2.45, 2.75) is 89.9 Å². The van der Waals surface area contributed by atoms with Crippen LogP contribution in [0.2, 0.25) is 0 Å². The van der Waals surface area contributed by atoms with Crippen LogP contribution in [0.4, 0.5) is 0 Å². The molecule has 0 amide bonds. The molecule has 0 aromatic rings. The lowest BCUT2D eigenvalue weighted by atomic mass is 9.45. The van der Waals surface area contributed by atoms with Crippen molar-refractivity contribution < 1.29 is 19.1 Å². The number of ketones is 1. The van der Waals surface area contributed by atoms with Crippen LogP contribution in [0.15, 0.2) is 0 Å². The van der Waals surface area contributed by atoms with Crippen molar-refractivity contribution in [2.75, 3.05) is 0 Å². The number of Topliss-reactive ketones (excluding diaryl/α,β-unsaturated/α-hetero) is 1. The van der Waals surface area contributed by atoms with Gasteiger partial charge in [0.15, 0.2) is 0 Å². The zero-order valence-corrected chi connectivity index (χ0v) is 15.7. The molecule has 0 aromatic carbocycles. The number of carbonyl (C=O) groups excluding carboxylic acids is 2. The molecule has 4 saturated carbocycles. The summed E-state index contributed by atoms with van der Waals surface area (Å²) in [5.41, 5.74) is 0.0500. The van der Waals surface area contributed by atoms with Crippen LogP contribution in [0.3, 0.4) is 0 Å². The van der Waals surface area contributed by atoms with Crippen LogP contribution in [0.1, 0.15) is 72.1 Å². The van der Waals surface area contributed by atoms with E-state index in [1.807, 2.05) is 0 Å². The second kappa shape index (κ2) is 4.88. The first-order valence-corrected chi connectivity index (χ1v) is 10.2. The van der Waals surface area contributed by atoms with E-state index in [1.165, 1.54) is 6.92 Å². The highest BCUT2D eigenvalue weighted by atomic mass is 16.6. The molecular formula is C21H30O4. The minimum atomic E-state index is -0.172. The molecule has 4 nitrogen and oxygen atoms in total. The summed E-state index contributed by atoms with van der Waals surface area (Å²) in [4.78, 5) is 23.9. The minimum Gasteiger partial charge on any atom is -0.462 e. The summed E-state index contributed by atoms with van der Waals surface area (Å²) in [6, 6.07) is 0. The molecule has 1 saturated heterocycles. The molecule has 25 heavy (non-hydrogen) atoms. The summed E-state index contributed by atoms with van der Waals surface area (Å²) in [7, 11) is 0. The van der Waals surface area contributed by atoms with E-state index in [-0.39, 0.29) is 28.5 Å². The first-order valence-electron chi connectivity index (χ1n) is 10.2. The Morgan fingerprint density at radius 3 is 2.72 bits per heavy atom. The third-order valence-electron chi connectivity index (χ3n) is 9.08. The Morgan fingerprint density at radius 2 is 1.96 bits per heavy atom. The molecular weight excluding hydrogens is 316 g/mol. The lowest BCUT2D eigenvalue weighted by molar-refractivity contribution is -0.157. The van der Waals surface area contributed by atoms with Crippen LogP contribution in [0.5, 0.6) is 0 Å². The number of carbonyl (C=O) groups is 2. The molecule has 0 N–H and O–H groups in total. The van der Waals surface area contributed by atoms with Crippen LogP contribution in [0, 0.1) is 28.6 Å². The molecule has 0 aromatic heterocycles. The summed E-state index contributed by atoms with van der Waals surface area (Å²) in [6.45, 7) is 6.18. The van der Waals surface area contributed by atoms with Gasteiger partial charge in [-0.1, -0.05) is 13.8 Å². The van der Waals surface area contributed by atoms with Crippen molar-refractivity contribution >= 4 is 11.8 Å². The Hall–Kier alpha value is -0.900. The van der Waals surface area contributed by atoms with E-state index in [0.29, 0.717) is 29.6 Å². The van der Waals surface area contributed by atoms with Gasteiger partial charge in [-0.25, -0.2) is 0 Å². The van der Waals surface area contributed by atoms with E-state index >= 15 is 0 Å². The maximum Gasteiger partial charge on any atom is 0.302 e. The van der Waals surface area contributed by atoms with E-state index in [1.54, 1.807) is 0 Å². The molecule has 0 unspecified atom stereocenters. The summed E-state index contributed by atoms with van der Waals surface area (Å²) < 4.78 is 12.0. The van der Waals surface area contributed by atoms with Crippen LogP contribution in [-0.2, 0) is 19.1 Å². The second-order valence-electron chi connectivity index (χ2n) is 9.92. The summed E-state index contributed by atoms with van der Waals surface area (Å²) in [5, 5.41) is 0. The lowest BCUT2D eigenvalue weighted by Gasteiger charge is -2.58. The zero-order valence-electron chi connectivity index (χ0n) is 15.7. The minimum absolute atomic E-state index is 0.0223. The van der Waals surface area contributed by atoms with Gasteiger partial charge in [-0.05, 0) is 56.3 Å². The maximum atomic E-state index is 12.5. The fraction of sp³-hybridized carbons (Fsp3) is 0.905. The van der Waals surface area contributed by atoms with Crippen molar-refractivity contribution in [3.05, 3.63) is 0 Å². The van der Waals surface area contributed by atoms with Gasteiger partial charge in [-0.2, -0.15) is 0 Å². The van der Waals surface area contributed by atoms with Crippen LogP contribution >= 0.6 is 0 Å². The number of fused-ring (bicyclic) bond motifs is 4. The van der Waals surface area contributed by atoms with Gasteiger partial charge in [0.25, 0.3) is 0 Å². The number of hydrogen-bond acceptors (Lipinski definition) is 4. The second-order valence-corrected chi connectivity index (χ2v) is 9.92. The molecule has 8 atom stereocenters. The van der Waals surface area contributed by atoms with Crippen LogP contribution < -0.4 is 0 Å². The number of esters is 1. The Morgan fingerprint density at radius 1 is 1.16 bits per heavy atom. The Kier molecular flexibility index (Phi) is 3.18. The van der Waals surface area contributed by atoms with Gasteiger partial charge < -0.3 is 9.47 Å². The summed E-state index contributed by atoms with van der Waals surface area (Å²) >= 11 is 0. The molecule has 1 spiro atoms. The van der Waals surface area contributed by atoms with Gasteiger partial charge >= 0.3 is 5.97 Å². The molecule has 5 fully saturated rings. The first-order chi connectivity index (χ1) is 11.8. The lowest BCUT2D eigenvalue weighted by Crippen LogP contribution is -2.58. The molecule has 1 heterocycles. The molecule has 5 aliphatic rings. The molecule has 0 bridgehead atoms. The first kappa shape index (κ1) is 16.3. The van der Waals surface area contributed by atoms with Gasteiger partial charge in [-0.3, -0.25) is 9.59 Å². The molecule has 4 aliphatic carbocycles. The Bertz CT molecular complexity index is 644. The predicted octanol–water partition coefficient (Wildman–Crippen LogP) is 3.66. The van der Waals surface area contributed by atoms with Crippen molar-refractivity contribution in [2.24, 2.45) is 28.6 Å². The number of ether oxygens (including phenoxy) is 2. The molecule has 0 radical (unpaired) electrons. The van der Waals surface area contributed by atoms with E-state index in [4.69, 9.17) is 9.47 Å². The quantitative estimate of drug-likeness (QED) is 0.537. The van der Waals surface area contributed by atoms with Gasteiger partial charge in [0.05, 0.1) is 6.10 Å². The third kappa shape index (κ3) is 1.92. The Labute approximate surface area is 150 Å². The fourth-order valence-corrected chi connectivity index (χ4v) is 7.75. The zero-order chi connectivity index (χ0) is 17.6. The van der Waals surface area contributed by atoms with Crippen LogP contribution in [0.25, 0.3) is 0 Å². The number of rotatable bonds is 1. The summed E-state index contributed by atoms with van der Waals surface area (Å²) in [5.74, 6) is 2.19. The normalized spacial score (nSPS) is 56.3. The van der Waals surface area contributed by atoms with Crippen molar-refractivity contribution in [3.8, 4) is 0 Å². The highest BCUT2D eigenvalue weighted by molar-refractivity contribution is 5.87. The molecule has 4 heteroatoms. The highest BCUT2D eigenvalue weighted by Crippen LogP contribution is 2.73. The maximum absolute atomic E-state index is 12.5. The average Bonchev–Trinajstić information content (AvgIpc) is 3.15. The highest BCUT2D eigenvalue weighted by Gasteiger charge is 2.76. The van der Waals surface area contributed by atoms with E-state index in [9.17, 15) is 9.59 Å². The van der Waals surface area contributed by atoms with Gasteiger partial charge in [0, 0.05) is 30.6 Å². The number of hydrogen-bond donors (Lipinski definition) is 0. The Balaban J connectivity index is 1.44. The molecule has 5 rings (SSSR count). The van der Waals surface area contributed by atoms with Crippen LogP contribution in [-0.4, -0.2) is 29.6 Å². The summed E-state index contributed by atoms with van der Waals surface area (Å²) in [6.07, 6.45) is 8.45. The fourth-order valence-electron chi connectivity index (χ4n) is 7.75. The number of epoxide rings is 1. The van der Waals surface area contributed by atoms with Crippen molar-refractivity contribution in [1.29, 1.82) is 0 Å². The SMILES string of the molecule is CC(=O)O[C@@H]1CC[C@]2(C)[C@H]3CC[C@]4(C)C(=O)CC[C@H]4[C@@H]3C[C@@H]3O[C@]32C1. The van der Waals surface area contributed by atoms with E-state index in [0.717, 1.165) is 51.4 Å². The molecule has 1 aliphatic heterocycles. The van der Waals surface area contributed by atoms with Crippen molar-refractivity contribution in [1.82, 2.24) is 0 Å². The monoisotopic (exact) mass is 346 g/mol.